The van der Waals surface area contributed by atoms with Crippen LogP contribution in [0.4, 0.5) is 0 Å². The fraction of sp³-hybridized carbons (Fsp3) is 0.500. The number of carbonyl (C=O) groups is 1. The average Bonchev–Trinajstić information content (AvgIpc) is 3.08. The maximum Gasteiger partial charge on any atom is 0.254 e. The van der Waals surface area contributed by atoms with Gasteiger partial charge in [0, 0.05) is 42.8 Å². The minimum atomic E-state index is 0.0451. The van der Waals surface area contributed by atoms with E-state index in [-0.39, 0.29) is 5.91 Å². The lowest BCUT2D eigenvalue weighted by Gasteiger charge is -2.34. The Morgan fingerprint density at radius 2 is 1.81 bits per heavy atom. The molecule has 0 spiro atoms. The van der Waals surface area contributed by atoms with Crippen molar-refractivity contribution in [3.63, 3.8) is 0 Å². The van der Waals surface area contributed by atoms with Gasteiger partial charge in [0.25, 0.3) is 5.91 Å². The highest BCUT2D eigenvalue weighted by Crippen LogP contribution is 2.29. The van der Waals surface area contributed by atoms with Crippen LogP contribution in [-0.4, -0.2) is 60.1 Å². The van der Waals surface area contributed by atoms with E-state index in [1.165, 1.54) is 0 Å². The summed E-state index contributed by atoms with van der Waals surface area (Å²) in [6, 6.07) is 5.44. The van der Waals surface area contributed by atoms with Crippen LogP contribution in [0.25, 0.3) is 0 Å². The third-order valence-corrected chi connectivity index (χ3v) is 5.43. The van der Waals surface area contributed by atoms with Crippen LogP contribution >= 0.6 is 11.3 Å². The van der Waals surface area contributed by atoms with E-state index in [1.807, 2.05) is 37.8 Å². The van der Waals surface area contributed by atoms with Crippen LogP contribution < -0.4 is 9.47 Å². The van der Waals surface area contributed by atoms with E-state index in [4.69, 9.17) is 9.47 Å². The second-order valence-corrected chi connectivity index (χ2v) is 7.42. The summed E-state index contributed by atoms with van der Waals surface area (Å²) in [5, 5.41) is 3.22. The van der Waals surface area contributed by atoms with Gasteiger partial charge < -0.3 is 14.4 Å². The van der Waals surface area contributed by atoms with E-state index in [2.05, 4.69) is 15.3 Å². The molecular formula is C20H27N3O3S. The summed E-state index contributed by atoms with van der Waals surface area (Å²) in [5.41, 5.74) is 1.72. The molecule has 1 aliphatic heterocycles. The summed E-state index contributed by atoms with van der Waals surface area (Å²) in [7, 11) is 0. The van der Waals surface area contributed by atoms with Crippen LogP contribution in [0.5, 0.6) is 11.5 Å². The number of ether oxygens (including phenoxy) is 2. The average molecular weight is 390 g/mol. The number of hydrogen-bond donors (Lipinski definition) is 0. The molecule has 1 aromatic carbocycles. The molecule has 0 bridgehead atoms. The summed E-state index contributed by atoms with van der Waals surface area (Å²) in [6.07, 6.45) is 0. The molecule has 1 amide bonds. The number of amides is 1. The number of benzene rings is 1. The molecule has 0 atom stereocenters. The highest BCUT2D eigenvalue weighted by Gasteiger charge is 2.23. The molecular weight excluding hydrogens is 362 g/mol. The molecule has 6 nitrogen and oxygen atoms in total. The maximum absolute atomic E-state index is 12.9. The number of rotatable bonds is 7. The first-order valence-corrected chi connectivity index (χ1v) is 10.3. The number of carbonyl (C=O) groups excluding carboxylic acids is 1. The topological polar surface area (TPSA) is 54.9 Å². The van der Waals surface area contributed by atoms with Crippen LogP contribution in [-0.2, 0) is 6.54 Å². The highest BCUT2D eigenvalue weighted by atomic mass is 32.1. The van der Waals surface area contributed by atoms with E-state index >= 15 is 0 Å². The van der Waals surface area contributed by atoms with Crippen LogP contribution in [0.15, 0.2) is 23.6 Å². The molecule has 146 valence electrons. The molecule has 0 aliphatic carbocycles. The zero-order chi connectivity index (χ0) is 19.2. The first kappa shape index (κ1) is 19.6. The van der Waals surface area contributed by atoms with Crippen molar-refractivity contribution in [2.75, 3.05) is 39.4 Å². The SMILES string of the molecule is CCOc1ccc(C(=O)N2CCN(Cc3nc(C)cs3)CC2)cc1OCC. The van der Waals surface area contributed by atoms with Crippen molar-refractivity contribution in [3.8, 4) is 11.5 Å². The Morgan fingerprint density at radius 3 is 2.44 bits per heavy atom. The Hall–Kier alpha value is -2.12. The summed E-state index contributed by atoms with van der Waals surface area (Å²) in [4.78, 5) is 21.7. The first-order chi connectivity index (χ1) is 13.1. The molecule has 27 heavy (non-hydrogen) atoms. The minimum absolute atomic E-state index is 0.0451. The van der Waals surface area contributed by atoms with Gasteiger partial charge in [0.15, 0.2) is 11.5 Å². The Labute approximate surface area is 164 Å². The normalized spacial score (nSPS) is 15.0. The van der Waals surface area contributed by atoms with Gasteiger partial charge in [-0.1, -0.05) is 0 Å². The van der Waals surface area contributed by atoms with Crippen LogP contribution in [0.1, 0.15) is 34.9 Å². The molecule has 1 saturated heterocycles. The van der Waals surface area contributed by atoms with Gasteiger partial charge in [-0.05, 0) is 39.0 Å². The fourth-order valence-electron chi connectivity index (χ4n) is 3.14. The second-order valence-electron chi connectivity index (χ2n) is 6.48. The predicted octanol–water partition coefficient (Wildman–Crippen LogP) is 3.21. The highest BCUT2D eigenvalue weighted by molar-refractivity contribution is 7.09. The molecule has 7 heteroatoms. The van der Waals surface area contributed by atoms with E-state index in [1.54, 1.807) is 17.4 Å². The lowest BCUT2D eigenvalue weighted by atomic mass is 10.1. The van der Waals surface area contributed by atoms with E-state index in [0.717, 1.165) is 43.4 Å². The third kappa shape index (κ3) is 4.99. The molecule has 0 saturated carbocycles. The summed E-state index contributed by atoms with van der Waals surface area (Å²) < 4.78 is 11.2. The van der Waals surface area contributed by atoms with E-state index in [0.29, 0.717) is 30.3 Å². The van der Waals surface area contributed by atoms with Gasteiger partial charge in [-0.25, -0.2) is 4.98 Å². The number of piperazine rings is 1. The number of thiazole rings is 1. The standard InChI is InChI=1S/C20H27N3O3S/c1-4-25-17-7-6-16(12-18(17)26-5-2)20(24)23-10-8-22(9-11-23)13-19-21-15(3)14-27-19/h6-7,12,14H,4-5,8-11,13H2,1-3H3. The van der Waals surface area contributed by atoms with E-state index in [9.17, 15) is 4.79 Å². The van der Waals surface area contributed by atoms with Crippen LogP contribution in [0.2, 0.25) is 0 Å². The molecule has 0 radical (unpaired) electrons. The van der Waals surface area contributed by atoms with Gasteiger partial charge in [-0.3, -0.25) is 9.69 Å². The number of aromatic nitrogens is 1. The lowest BCUT2D eigenvalue weighted by Crippen LogP contribution is -2.48. The Bertz CT molecular complexity index is 770. The molecule has 3 rings (SSSR count). The minimum Gasteiger partial charge on any atom is -0.490 e. The maximum atomic E-state index is 12.9. The van der Waals surface area contributed by atoms with Crippen molar-refractivity contribution in [1.29, 1.82) is 0 Å². The molecule has 1 aromatic heterocycles. The van der Waals surface area contributed by atoms with Crippen molar-refractivity contribution in [3.05, 3.63) is 39.8 Å². The second kappa shape index (κ2) is 9.19. The molecule has 1 fully saturated rings. The summed E-state index contributed by atoms with van der Waals surface area (Å²) in [6.45, 7) is 11.0. The first-order valence-electron chi connectivity index (χ1n) is 9.43. The summed E-state index contributed by atoms with van der Waals surface area (Å²) >= 11 is 1.70. The van der Waals surface area contributed by atoms with Gasteiger partial charge >= 0.3 is 0 Å². The molecule has 0 unspecified atom stereocenters. The molecule has 1 aliphatic rings. The van der Waals surface area contributed by atoms with Crippen LogP contribution in [0.3, 0.4) is 0 Å². The van der Waals surface area contributed by atoms with Crippen LogP contribution in [0, 0.1) is 6.92 Å². The number of hydrogen-bond acceptors (Lipinski definition) is 6. The largest absolute Gasteiger partial charge is 0.490 e. The number of nitrogens with zero attached hydrogens (tertiary/aromatic N) is 3. The van der Waals surface area contributed by atoms with Gasteiger partial charge in [0.05, 0.1) is 19.8 Å². The Morgan fingerprint density at radius 1 is 1.11 bits per heavy atom. The van der Waals surface area contributed by atoms with Crippen molar-refractivity contribution in [2.24, 2.45) is 0 Å². The van der Waals surface area contributed by atoms with Crippen molar-refractivity contribution in [2.45, 2.75) is 27.3 Å². The molecule has 2 heterocycles. The predicted molar refractivity (Wildman–Crippen MR) is 107 cm³/mol. The quantitative estimate of drug-likeness (QED) is 0.728. The van der Waals surface area contributed by atoms with E-state index < -0.39 is 0 Å². The smallest absolute Gasteiger partial charge is 0.254 e. The van der Waals surface area contributed by atoms with Crippen molar-refractivity contribution >= 4 is 17.2 Å². The molecule has 2 aromatic rings. The molecule has 0 N–H and O–H groups in total. The third-order valence-electron chi connectivity index (χ3n) is 4.48. The Kier molecular flexibility index (Phi) is 6.68. The van der Waals surface area contributed by atoms with Crippen molar-refractivity contribution < 1.29 is 14.3 Å². The van der Waals surface area contributed by atoms with Gasteiger partial charge in [-0.2, -0.15) is 0 Å². The van der Waals surface area contributed by atoms with Gasteiger partial charge in [-0.15, -0.1) is 11.3 Å². The fourth-order valence-corrected chi connectivity index (χ4v) is 3.96. The van der Waals surface area contributed by atoms with Crippen molar-refractivity contribution in [1.82, 2.24) is 14.8 Å². The van der Waals surface area contributed by atoms with Gasteiger partial charge in [0.1, 0.15) is 5.01 Å². The lowest BCUT2D eigenvalue weighted by molar-refractivity contribution is 0.0628. The Balaban J connectivity index is 1.60. The summed E-state index contributed by atoms with van der Waals surface area (Å²) in [5.74, 6) is 1.35. The zero-order valence-electron chi connectivity index (χ0n) is 16.2. The zero-order valence-corrected chi connectivity index (χ0v) is 17.1. The number of aryl methyl sites for hydroxylation is 1. The monoisotopic (exact) mass is 389 g/mol. The van der Waals surface area contributed by atoms with Gasteiger partial charge in [0.2, 0.25) is 0 Å².